The van der Waals surface area contributed by atoms with E-state index < -0.39 is 15.4 Å². The van der Waals surface area contributed by atoms with Crippen molar-refractivity contribution in [3.05, 3.63) is 0 Å². The van der Waals surface area contributed by atoms with E-state index in [0.29, 0.717) is 25.7 Å². The van der Waals surface area contributed by atoms with Crippen LogP contribution in [0.4, 0.5) is 0 Å². The second kappa shape index (κ2) is 15.1. The molecule has 0 radical (unpaired) electrons. The minimum absolute atomic E-state index is 0. The van der Waals surface area contributed by atoms with Gasteiger partial charge in [0.2, 0.25) is 0 Å². The van der Waals surface area contributed by atoms with Crippen molar-refractivity contribution in [3.8, 4) is 0 Å². The molecular weight excluding hydrogens is 315 g/mol. The quantitative estimate of drug-likeness (QED) is 0.301. The Balaban J connectivity index is 0. The molecule has 0 amide bonds. The molecule has 0 aliphatic heterocycles. The van der Waals surface area contributed by atoms with Crippen LogP contribution >= 0.6 is 0 Å². The molecule has 0 heterocycles. The predicted octanol–water partition coefficient (Wildman–Crippen LogP) is 0.596. The molecule has 0 bridgehead atoms. The van der Waals surface area contributed by atoms with Gasteiger partial charge in [-0.3, -0.25) is 0 Å². The van der Waals surface area contributed by atoms with Crippen LogP contribution in [0, 0.1) is 0 Å². The fourth-order valence-electron chi connectivity index (χ4n) is 2.36. The first-order chi connectivity index (χ1) is 9.41. The van der Waals surface area contributed by atoms with Crippen LogP contribution in [-0.2, 0) is 10.1 Å². The Morgan fingerprint density at radius 3 is 1.86 bits per heavy atom. The molecule has 0 aromatic rings. The summed E-state index contributed by atoms with van der Waals surface area (Å²) in [6.45, 7) is 4.06. The van der Waals surface area contributed by atoms with Crippen molar-refractivity contribution in [2.45, 2.75) is 95.8 Å². The number of hydrogen-bond donors (Lipinski definition) is 1. The molecule has 0 rings (SSSR count). The largest absolute Gasteiger partial charge is 1.00 e. The smallest absolute Gasteiger partial charge is 0.748 e. The summed E-state index contributed by atoms with van der Waals surface area (Å²) in [6, 6.07) is 0. The Morgan fingerprint density at radius 1 is 0.905 bits per heavy atom. The van der Waals surface area contributed by atoms with Gasteiger partial charge in [-0.05, 0) is 25.7 Å². The third kappa shape index (κ3) is 14.8. The maximum absolute atomic E-state index is 11.2. The van der Waals surface area contributed by atoms with E-state index in [2.05, 4.69) is 6.92 Å². The molecule has 1 N–H and O–H groups in total. The molecule has 0 aromatic heterocycles. The van der Waals surface area contributed by atoms with E-state index in [1.807, 2.05) is 6.92 Å². The number of hydrogen-bond acceptors (Lipinski definition) is 4. The van der Waals surface area contributed by atoms with Crippen molar-refractivity contribution in [2.75, 3.05) is 0 Å². The molecule has 0 aromatic carbocycles. The minimum Gasteiger partial charge on any atom is -0.748 e. The van der Waals surface area contributed by atoms with Crippen molar-refractivity contribution >= 4 is 10.1 Å². The van der Waals surface area contributed by atoms with E-state index >= 15 is 0 Å². The molecule has 4 nitrogen and oxygen atoms in total. The molecule has 0 fully saturated rings. The van der Waals surface area contributed by atoms with Gasteiger partial charge in [0.25, 0.3) is 0 Å². The van der Waals surface area contributed by atoms with Crippen molar-refractivity contribution in [2.24, 2.45) is 0 Å². The van der Waals surface area contributed by atoms with Crippen molar-refractivity contribution < 1.29 is 69.5 Å². The van der Waals surface area contributed by atoms with Crippen LogP contribution in [0.1, 0.15) is 84.5 Å². The first-order valence-corrected chi connectivity index (χ1v) is 9.51. The summed E-state index contributed by atoms with van der Waals surface area (Å²) in [7, 11) is -4.18. The standard InChI is InChI=1S/C15H32O4S.K/c1-3-5-6-7-8-12-15(20(17,18)19)13-10-9-11-14(16)4-2;/h14-16H,3-13H2,1-2H3,(H,17,18,19);/q;+1/p-1. The second-order valence-electron chi connectivity index (χ2n) is 5.66. The summed E-state index contributed by atoms with van der Waals surface area (Å²) >= 11 is 0. The molecule has 21 heavy (non-hydrogen) atoms. The third-order valence-electron chi connectivity index (χ3n) is 3.82. The molecule has 2 unspecified atom stereocenters. The normalized spacial score (nSPS) is 14.5. The first kappa shape index (κ1) is 24.8. The summed E-state index contributed by atoms with van der Waals surface area (Å²) < 4.78 is 33.7. The van der Waals surface area contributed by atoms with Crippen molar-refractivity contribution in [3.63, 3.8) is 0 Å². The average Bonchev–Trinajstić information content (AvgIpc) is 2.39. The number of aliphatic hydroxyl groups excluding tert-OH is 1. The van der Waals surface area contributed by atoms with Crippen LogP contribution in [0.25, 0.3) is 0 Å². The van der Waals surface area contributed by atoms with Crippen LogP contribution in [0.2, 0.25) is 0 Å². The predicted molar refractivity (Wildman–Crippen MR) is 81.6 cm³/mol. The molecule has 0 saturated carbocycles. The van der Waals surface area contributed by atoms with Gasteiger partial charge >= 0.3 is 51.4 Å². The average molecular weight is 347 g/mol. The summed E-state index contributed by atoms with van der Waals surface area (Å²) in [6.07, 6.45) is 8.82. The topological polar surface area (TPSA) is 77.4 Å². The van der Waals surface area contributed by atoms with Crippen LogP contribution in [0.3, 0.4) is 0 Å². The van der Waals surface area contributed by atoms with Gasteiger partial charge in [0.1, 0.15) is 0 Å². The molecule has 0 aliphatic rings. The maximum atomic E-state index is 11.2. The Morgan fingerprint density at radius 2 is 1.38 bits per heavy atom. The Bertz CT molecular complexity index is 320. The van der Waals surface area contributed by atoms with Crippen LogP contribution in [0.15, 0.2) is 0 Å². The summed E-state index contributed by atoms with van der Waals surface area (Å²) in [5, 5.41) is 8.69. The third-order valence-corrected chi connectivity index (χ3v) is 5.11. The molecule has 122 valence electrons. The van der Waals surface area contributed by atoms with Crippen molar-refractivity contribution in [1.82, 2.24) is 0 Å². The van der Waals surface area contributed by atoms with Gasteiger partial charge in [-0.1, -0.05) is 58.8 Å². The summed E-state index contributed by atoms with van der Waals surface area (Å²) in [5.41, 5.74) is 0. The van der Waals surface area contributed by atoms with Gasteiger partial charge in [-0.15, -0.1) is 0 Å². The van der Waals surface area contributed by atoms with E-state index in [4.69, 9.17) is 0 Å². The van der Waals surface area contributed by atoms with E-state index in [9.17, 15) is 18.1 Å². The van der Waals surface area contributed by atoms with Gasteiger partial charge < -0.3 is 9.66 Å². The zero-order valence-electron chi connectivity index (χ0n) is 14.0. The molecule has 0 spiro atoms. The van der Waals surface area contributed by atoms with Crippen LogP contribution in [-0.4, -0.2) is 29.4 Å². The number of aliphatic hydroxyl groups is 1. The minimum atomic E-state index is -4.18. The van der Waals surface area contributed by atoms with Crippen LogP contribution in [0.5, 0.6) is 0 Å². The fourth-order valence-corrected chi connectivity index (χ4v) is 3.28. The van der Waals surface area contributed by atoms with Crippen LogP contribution < -0.4 is 51.4 Å². The van der Waals surface area contributed by atoms with Gasteiger partial charge in [0, 0.05) is 5.25 Å². The maximum Gasteiger partial charge on any atom is 1.00 e. The Hall–Kier alpha value is 1.51. The van der Waals surface area contributed by atoms with Gasteiger partial charge in [-0.25, -0.2) is 8.42 Å². The van der Waals surface area contributed by atoms with Gasteiger partial charge in [-0.2, -0.15) is 0 Å². The Kier molecular flexibility index (Phi) is 17.8. The molecule has 6 heteroatoms. The Labute approximate surface area is 173 Å². The second-order valence-corrected chi connectivity index (χ2v) is 7.32. The van der Waals surface area contributed by atoms with Gasteiger partial charge in [0.05, 0.1) is 16.2 Å². The van der Waals surface area contributed by atoms with E-state index in [1.54, 1.807) is 0 Å². The fraction of sp³-hybridized carbons (Fsp3) is 1.00. The van der Waals surface area contributed by atoms with E-state index in [1.165, 1.54) is 6.42 Å². The molecule has 2 atom stereocenters. The van der Waals surface area contributed by atoms with Gasteiger partial charge in [0.15, 0.2) is 0 Å². The van der Waals surface area contributed by atoms with E-state index in [0.717, 1.165) is 38.5 Å². The summed E-state index contributed by atoms with van der Waals surface area (Å²) in [5.74, 6) is 0. The zero-order chi connectivity index (χ0) is 15.4. The van der Waals surface area contributed by atoms with Crippen molar-refractivity contribution in [1.29, 1.82) is 0 Å². The first-order valence-electron chi connectivity index (χ1n) is 8.04. The molecular formula is C15H31KO4S. The zero-order valence-corrected chi connectivity index (χ0v) is 18.0. The number of rotatable bonds is 13. The monoisotopic (exact) mass is 346 g/mol. The SMILES string of the molecule is CCCCCCCC(CCCCC(O)CC)S(=O)(=O)[O-].[K+]. The van der Waals surface area contributed by atoms with E-state index in [-0.39, 0.29) is 57.5 Å². The molecule has 0 saturated heterocycles. The molecule has 0 aliphatic carbocycles. The number of unbranched alkanes of at least 4 members (excludes halogenated alkanes) is 5. The summed E-state index contributed by atoms with van der Waals surface area (Å²) in [4.78, 5) is 0.